The molecule has 4 rings (SSSR count). The molecule has 1 aliphatic carbocycles. The van der Waals surface area contributed by atoms with Crippen molar-refractivity contribution in [1.82, 2.24) is 0 Å². The summed E-state index contributed by atoms with van der Waals surface area (Å²) in [6.45, 7) is 15.0. The van der Waals surface area contributed by atoms with Gasteiger partial charge in [-0.3, -0.25) is 9.59 Å². The zero-order valence-corrected chi connectivity index (χ0v) is 20.9. The lowest BCUT2D eigenvalue weighted by molar-refractivity contribution is -0.131. The molecule has 0 saturated heterocycles. The third-order valence-electron chi connectivity index (χ3n) is 5.65. The van der Waals surface area contributed by atoms with Gasteiger partial charge in [0.25, 0.3) is 0 Å². The van der Waals surface area contributed by atoms with Crippen molar-refractivity contribution in [3.63, 3.8) is 0 Å². The van der Waals surface area contributed by atoms with Crippen LogP contribution >= 0.6 is 0 Å². The summed E-state index contributed by atoms with van der Waals surface area (Å²) in [4.78, 5) is 63.6. The summed E-state index contributed by atoms with van der Waals surface area (Å²) in [7, 11) is 0. The molecule has 0 aliphatic heterocycles. The van der Waals surface area contributed by atoms with Crippen molar-refractivity contribution in [2.24, 2.45) is 0 Å². The summed E-state index contributed by atoms with van der Waals surface area (Å²) in [6.07, 6.45) is 0. The van der Waals surface area contributed by atoms with Crippen LogP contribution in [0.4, 0.5) is 0 Å². The maximum atomic E-state index is 13.7. The zero-order valence-electron chi connectivity index (χ0n) is 20.9. The third kappa shape index (κ3) is 4.79. The predicted octanol–water partition coefficient (Wildman–Crippen LogP) is 5.06. The second-order valence-electron chi connectivity index (χ2n) is 8.92. The molecular weight excluding hydrogens is 488 g/mol. The highest BCUT2D eigenvalue weighted by molar-refractivity contribution is 6.30. The van der Waals surface area contributed by atoms with Crippen LogP contribution in [0.3, 0.4) is 0 Å². The molecule has 0 atom stereocenters. The first-order valence-corrected chi connectivity index (χ1v) is 11.4. The van der Waals surface area contributed by atoms with Gasteiger partial charge in [-0.1, -0.05) is 25.8 Å². The van der Waals surface area contributed by atoms with E-state index >= 15 is 0 Å². The van der Waals surface area contributed by atoms with E-state index in [9.17, 15) is 24.0 Å². The van der Waals surface area contributed by atoms with E-state index in [1.807, 2.05) is 0 Å². The Balaban J connectivity index is 1.86. The molecule has 3 aromatic carbocycles. The van der Waals surface area contributed by atoms with Crippen LogP contribution in [0, 0.1) is 0 Å². The summed E-state index contributed by atoms with van der Waals surface area (Å²) < 4.78 is 15.9. The van der Waals surface area contributed by atoms with Crippen LogP contribution in [0.1, 0.15) is 52.6 Å². The number of rotatable bonds is 6. The number of carbonyl (C=O) groups excluding carboxylic acids is 5. The van der Waals surface area contributed by atoms with Crippen LogP contribution in [0.2, 0.25) is 0 Å². The van der Waals surface area contributed by atoms with Crippen LogP contribution in [-0.4, -0.2) is 29.5 Å². The summed E-state index contributed by atoms with van der Waals surface area (Å²) in [6, 6.07) is 10.3. The van der Waals surface area contributed by atoms with Gasteiger partial charge in [0.1, 0.15) is 17.2 Å². The lowest BCUT2D eigenvalue weighted by atomic mass is 9.82. The number of carbonyl (C=O) groups is 5. The zero-order chi connectivity index (χ0) is 27.9. The summed E-state index contributed by atoms with van der Waals surface area (Å²) in [5, 5.41) is 1.15. The topological polar surface area (TPSA) is 113 Å². The minimum Gasteiger partial charge on any atom is -0.423 e. The molecule has 0 saturated carbocycles. The van der Waals surface area contributed by atoms with Gasteiger partial charge in [0, 0.05) is 39.5 Å². The second kappa shape index (κ2) is 9.74. The Morgan fingerprint density at radius 3 is 1.71 bits per heavy atom. The molecule has 3 aromatic rings. The maximum absolute atomic E-state index is 13.7. The predicted molar refractivity (Wildman–Crippen MR) is 139 cm³/mol. The number of ether oxygens (including phenoxy) is 3. The minimum absolute atomic E-state index is 0.0564. The van der Waals surface area contributed by atoms with Crippen LogP contribution < -0.4 is 14.2 Å². The molecule has 38 heavy (non-hydrogen) atoms. The van der Waals surface area contributed by atoms with Gasteiger partial charge in [0.15, 0.2) is 11.6 Å². The van der Waals surface area contributed by atoms with Crippen molar-refractivity contribution < 1.29 is 38.2 Å². The van der Waals surface area contributed by atoms with Gasteiger partial charge >= 0.3 is 17.9 Å². The minimum atomic E-state index is -0.830. The Labute approximate surface area is 217 Å². The van der Waals surface area contributed by atoms with E-state index < -0.39 is 29.5 Å². The van der Waals surface area contributed by atoms with Crippen LogP contribution in [0.25, 0.3) is 10.8 Å². The quantitative estimate of drug-likeness (QED) is 0.201. The first-order chi connectivity index (χ1) is 17.9. The van der Waals surface area contributed by atoms with E-state index in [1.54, 1.807) is 24.3 Å². The Morgan fingerprint density at radius 2 is 1.11 bits per heavy atom. The van der Waals surface area contributed by atoms with Crippen molar-refractivity contribution in [1.29, 1.82) is 0 Å². The highest BCUT2D eigenvalue weighted by Gasteiger charge is 2.35. The standard InChI is InChI=1S/C30H22O8/c1-14(2)28(33)36-19-8-7-17-10-21-22(11-18(17)9-19)27(32)25-23(26(21)31)12-20(37-29(34)15(3)4)13-24(25)38-30(35)16(5)6/h7-13H,1,3,5H2,2,4,6H3. The highest BCUT2D eigenvalue weighted by Crippen LogP contribution is 2.39. The normalized spacial score (nSPS) is 11.8. The van der Waals surface area contributed by atoms with Crippen molar-refractivity contribution in [3.05, 3.63) is 101 Å². The van der Waals surface area contributed by atoms with Crippen LogP contribution in [0.5, 0.6) is 17.2 Å². The molecule has 8 nitrogen and oxygen atoms in total. The summed E-state index contributed by atoms with van der Waals surface area (Å²) >= 11 is 0. The monoisotopic (exact) mass is 510 g/mol. The molecule has 190 valence electrons. The molecule has 0 spiro atoms. The van der Waals surface area contributed by atoms with Gasteiger partial charge in [-0.25, -0.2) is 14.4 Å². The molecule has 0 bridgehead atoms. The lowest BCUT2D eigenvalue weighted by Crippen LogP contribution is -2.23. The van der Waals surface area contributed by atoms with Crippen molar-refractivity contribution >= 4 is 40.2 Å². The number of esters is 3. The van der Waals surface area contributed by atoms with E-state index in [-0.39, 0.29) is 56.2 Å². The van der Waals surface area contributed by atoms with Crippen LogP contribution in [-0.2, 0) is 14.4 Å². The van der Waals surface area contributed by atoms with E-state index in [1.165, 1.54) is 39.0 Å². The fourth-order valence-electron chi connectivity index (χ4n) is 3.71. The van der Waals surface area contributed by atoms with Gasteiger partial charge in [0.05, 0.1) is 5.56 Å². The number of benzene rings is 3. The highest BCUT2D eigenvalue weighted by atomic mass is 16.5. The maximum Gasteiger partial charge on any atom is 0.338 e. The number of hydrogen-bond acceptors (Lipinski definition) is 8. The molecule has 0 unspecified atom stereocenters. The van der Waals surface area contributed by atoms with Crippen molar-refractivity contribution in [2.75, 3.05) is 0 Å². The van der Waals surface area contributed by atoms with E-state index in [0.717, 1.165) is 0 Å². The molecule has 8 heteroatoms. The molecule has 1 aliphatic rings. The molecule has 0 aromatic heterocycles. The average molecular weight is 510 g/mol. The van der Waals surface area contributed by atoms with E-state index in [4.69, 9.17) is 14.2 Å². The number of ketones is 2. The van der Waals surface area contributed by atoms with Crippen molar-refractivity contribution in [3.8, 4) is 17.2 Å². The molecule has 0 fully saturated rings. The Kier molecular flexibility index (Phi) is 6.66. The van der Waals surface area contributed by atoms with Crippen molar-refractivity contribution in [2.45, 2.75) is 20.8 Å². The van der Waals surface area contributed by atoms with Gasteiger partial charge in [-0.15, -0.1) is 0 Å². The Morgan fingerprint density at radius 1 is 0.579 bits per heavy atom. The Hall–Kier alpha value is -5.11. The van der Waals surface area contributed by atoms with E-state index in [0.29, 0.717) is 10.8 Å². The molecular formula is C30H22O8. The largest absolute Gasteiger partial charge is 0.423 e. The van der Waals surface area contributed by atoms with E-state index in [2.05, 4.69) is 19.7 Å². The number of fused-ring (bicyclic) bond motifs is 3. The fraction of sp³-hybridized carbons (Fsp3) is 0.100. The Bertz CT molecular complexity index is 1650. The van der Waals surface area contributed by atoms with Gasteiger partial charge in [-0.2, -0.15) is 0 Å². The van der Waals surface area contributed by atoms with Gasteiger partial charge in [0.2, 0.25) is 0 Å². The average Bonchev–Trinajstić information content (AvgIpc) is 2.85. The third-order valence-corrected chi connectivity index (χ3v) is 5.65. The first kappa shape index (κ1) is 26.0. The fourth-order valence-corrected chi connectivity index (χ4v) is 3.71. The molecule has 0 amide bonds. The summed E-state index contributed by atoms with van der Waals surface area (Å²) in [5.74, 6) is -3.42. The smallest absolute Gasteiger partial charge is 0.338 e. The summed E-state index contributed by atoms with van der Waals surface area (Å²) in [5.41, 5.74) is 0.316. The molecule has 0 heterocycles. The number of hydrogen-bond donors (Lipinski definition) is 0. The lowest BCUT2D eigenvalue weighted by Gasteiger charge is -2.21. The SMILES string of the molecule is C=C(C)C(=O)Oc1cc(OC(=O)C(=C)C)c2c(c1)C(=O)c1cc3ccc(OC(=O)C(=C)C)cc3cc1C2=O. The van der Waals surface area contributed by atoms with Gasteiger partial charge in [-0.05, 0) is 61.9 Å². The van der Waals surface area contributed by atoms with Crippen LogP contribution in [0.15, 0.2) is 78.9 Å². The second-order valence-corrected chi connectivity index (χ2v) is 8.92. The molecule has 0 N–H and O–H groups in total. The van der Waals surface area contributed by atoms with Gasteiger partial charge < -0.3 is 14.2 Å². The first-order valence-electron chi connectivity index (χ1n) is 11.4. The molecule has 0 radical (unpaired) electrons.